The van der Waals surface area contributed by atoms with Gasteiger partial charge >= 0.3 is 0 Å². The number of nitrogens with zero attached hydrogens (tertiary/aromatic N) is 2. The molecule has 0 spiro atoms. The number of halogens is 1. The van der Waals surface area contributed by atoms with Gasteiger partial charge in [0.25, 0.3) is 10.0 Å². The molecule has 0 saturated carbocycles. The zero-order chi connectivity index (χ0) is 18.2. The maximum Gasteiger partial charge on any atom is 0.268 e. The molecule has 5 nitrogen and oxygen atoms in total. The number of fused-ring (bicyclic) bond motifs is 1. The molecular formula is C18H17ClN2O3S. The van der Waals surface area contributed by atoms with Crippen LogP contribution in [0.25, 0.3) is 16.7 Å². The zero-order valence-electron chi connectivity index (χ0n) is 13.9. The Kier molecular flexibility index (Phi) is 4.58. The average molecular weight is 377 g/mol. The number of pyridine rings is 1. The van der Waals surface area contributed by atoms with E-state index in [1.165, 1.54) is 10.2 Å². The van der Waals surface area contributed by atoms with Crippen molar-refractivity contribution in [1.29, 1.82) is 0 Å². The standard InChI is InChI=1S/C18H17ClN2O3S/c1-4-24-13(3)15-11-16-14(18(19)20-15)9-10-21(16)25(22,23)17-8-6-5-7-12(17)2/h5-11H,3-4H2,1-2H3. The SMILES string of the molecule is C=C(OCC)c1cc2c(ccn2S(=O)(=O)c2ccccc2C)c(Cl)n1. The van der Waals surface area contributed by atoms with Gasteiger partial charge in [0, 0.05) is 11.6 Å². The smallest absolute Gasteiger partial charge is 0.268 e. The lowest BCUT2D eigenvalue weighted by atomic mass is 10.2. The highest BCUT2D eigenvalue weighted by atomic mass is 35.5. The highest BCUT2D eigenvalue weighted by molar-refractivity contribution is 7.90. The minimum Gasteiger partial charge on any atom is -0.492 e. The number of ether oxygens (including phenoxy) is 1. The predicted octanol–water partition coefficient (Wildman–Crippen LogP) is 4.24. The third kappa shape index (κ3) is 3.03. The fourth-order valence-corrected chi connectivity index (χ4v) is 4.44. The van der Waals surface area contributed by atoms with Gasteiger partial charge in [-0.15, -0.1) is 0 Å². The second-order valence-electron chi connectivity index (χ2n) is 5.47. The molecule has 2 aromatic heterocycles. The normalized spacial score (nSPS) is 11.6. The summed E-state index contributed by atoms with van der Waals surface area (Å²) in [6, 6.07) is 10.1. The second kappa shape index (κ2) is 6.54. The van der Waals surface area contributed by atoms with Gasteiger partial charge in [-0.1, -0.05) is 36.4 Å². The Hall–Kier alpha value is -2.31. The number of aromatic nitrogens is 2. The highest BCUT2D eigenvalue weighted by Crippen LogP contribution is 2.29. The van der Waals surface area contributed by atoms with Crippen LogP contribution in [0.2, 0.25) is 5.15 Å². The van der Waals surface area contributed by atoms with E-state index in [1.807, 2.05) is 6.92 Å². The van der Waals surface area contributed by atoms with Gasteiger partial charge < -0.3 is 4.74 Å². The van der Waals surface area contributed by atoms with Crippen LogP contribution in [0.4, 0.5) is 0 Å². The molecule has 0 N–H and O–H groups in total. The minimum absolute atomic E-state index is 0.201. The van der Waals surface area contributed by atoms with E-state index in [2.05, 4.69) is 11.6 Å². The molecule has 3 aromatic rings. The maximum absolute atomic E-state index is 13.1. The number of benzene rings is 1. The van der Waals surface area contributed by atoms with Crippen molar-refractivity contribution in [2.45, 2.75) is 18.7 Å². The number of hydrogen-bond acceptors (Lipinski definition) is 4. The van der Waals surface area contributed by atoms with Crippen molar-refractivity contribution < 1.29 is 13.2 Å². The fourth-order valence-electron chi connectivity index (χ4n) is 2.62. The van der Waals surface area contributed by atoms with Crippen molar-refractivity contribution in [2.24, 2.45) is 0 Å². The summed E-state index contributed by atoms with van der Waals surface area (Å²) in [6.45, 7) is 7.83. The summed E-state index contributed by atoms with van der Waals surface area (Å²) in [7, 11) is -3.76. The zero-order valence-corrected chi connectivity index (χ0v) is 15.4. The lowest BCUT2D eigenvalue weighted by Gasteiger charge is -2.11. The molecule has 0 atom stereocenters. The molecule has 2 heterocycles. The van der Waals surface area contributed by atoms with E-state index in [-0.39, 0.29) is 10.0 Å². The van der Waals surface area contributed by atoms with Crippen molar-refractivity contribution in [1.82, 2.24) is 8.96 Å². The number of hydrogen-bond donors (Lipinski definition) is 0. The van der Waals surface area contributed by atoms with E-state index in [0.717, 1.165) is 0 Å². The highest BCUT2D eigenvalue weighted by Gasteiger charge is 2.22. The molecule has 3 rings (SSSR count). The van der Waals surface area contributed by atoms with Crippen molar-refractivity contribution in [2.75, 3.05) is 6.61 Å². The van der Waals surface area contributed by atoms with Crippen LogP contribution < -0.4 is 0 Å². The van der Waals surface area contributed by atoms with Gasteiger partial charge in [0.1, 0.15) is 16.6 Å². The summed E-state index contributed by atoms with van der Waals surface area (Å²) < 4.78 is 32.8. The Bertz CT molecular complexity index is 1070. The third-order valence-electron chi connectivity index (χ3n) is 3.84. The quantitative estimate of drug-likeness (QED) is 0.493. The van der Waals surface area contributed by atoms with Gasteiger partial charge in [-0.05, 0) is 37.6 Å². The van der Waals surface area contributed by atoms with Crippen molar-refractivity contribution in [3.8, 4) is 0 Å². The lowest BCUT2D eigenvalue weighted by molar-refractivity contribution is 0.298. The summed E-state index contributed by atoms with van der Waals surface area (Å²) in [4.78, 5) is 4.48. The van der Waals surface area contributed by atoms with E-state index in [9.17, 15) is 8.42 Å². The van der Waals surface area contributed by atoms with Crippen LogP contribution in [0, 0.1) is 6.92 Å². The molecule has 0 aliphatic rings. The molecule has 0 unspecified atom stereocenters. The summed E-state index contributed by atoms with van der Waals surface area (Å²) in [6.07, 6.45) is 1.48. The van der Waals surface area contributed by atoms with Crippen LogP contribution in [0.15, 0.2) is 54.1 Å². The van der Waals surface area contributed by atoms with Crippen LogP contribution in [0.1, 0.15) is 18.2 Å². The lowest BCUT2D eigenvalue weighted by Crippen LogP contribution is -2.13. The van der Waals surface area contributed by atoms with Crippen molar-refractivity contribution in [3.63, 3.8) is 0 Å². The Morgan fingerprint density at radius 1 is 1.32 bits per heavy atom. The molecule has 7 heteroatoms. The number of aryl methyl sites for hydroxylation is 1. The Morgan fingerprint density at radius 2 is 2.04 bits per heavy atom. The minimum atomic E-state index is -3.76. The first-order valence-electron chi connectivity index (χ1n) is 7.67. The fraction of sp³-hybridized carbons (Fsp3) is 0.167. The van der Waals surface area contributed by atoms with Gasteiger partial charge in [0.05, 0.1) is 17.0 Å². The molecule has 25 heavy (non-hydrogen) atoms. The molecule has 0 radical (unpaired) electrons. The van der Waals surface area contributed by atoms with Gasteiger partial charge in [0.15, 0.2) is 0 Å². The van der Waals surface area contributed by atoms with Gasteiger partial charge in [0.2, 0.25) is 0 Å². The topological polar surface area (TPSA) is 61.2 Å². The molecule has 0 amide bonds. The molecule has 0 saturated heterocycles. The van der Waals surface area contributed by atoms with Crippen LogP contribution >= 0.6 is 11.6 Å². The molecule has 130 valence electrons. The van der Waals surface area contributed by atoms with Crippen molar-refractivity contribution >= 4 is 38.3 Å². The molecular weight excluding hydrogens is 360 g/mol. The molecule has 0 fully saturated rings. The van der Waals surface area contributed by atoms with E-state index < -0.39 is 10.0 Å². The van der Waals surface area contributed by atoms with E-state index in [4.69, 9.17) is 16.3 Å². The second-order valence-corrected chi connectivity index (χ2v) is 7.61. The van der Waals surface area contributed by atoms with Crippen LogP contribution in [-0.2, 0) is 14.8 Å². The van der Waals surface area contributed by atoms with E-state index in [1.54, 1.807) is 43.3 Å². The maximum atomic E-state index is 13.1. The Labute approximate surface area is 151 Å². The third-order valence-corrected chi connectivity index (χ3v) is 5.98. The first-order valence-corrected chi connectivity index (χ1v) is 9.49. The molecule has 0 aliphatic carbocycles. The largest absolute Gasteiger partial charge is 0.492 e. The first kappa shape index (κ1) is 17.5. The molecule has 0 bridgehead atoms. The van der Waals surface area contributed by atoms with Crippen LogP contribution in [0.5, 0.6) is 0 Å². The monoisotopic (exact) mass is 376 g/mol. The van der Waals surface area contributed by atoms with Gasteiger partial charge in [-0.2, -0.15) is 0 Å². The van der Waals surface area contributed by atoms with Crippen molar-refractivity contribution in [3.05, 3.63) is 65.6 Å². The molecule has 0 aliphatic heterocycles. The Balaban J connectivity index is 2.24. The first-order chi connectivity index (χ1) is 11.9. The van der Waals surface area contributed by atoms with Crippen LogP contribution in [-0.4, -0.2) is 24.0 Å². The summed E-state index contributed by atoms with van der Waals surface area (Å²) >= 11 is 6.23. The van der Waals surface area contributed by atoms with Gasteiger partial charge in [-0.3, -0.25) is 0 Å². The Morgan fingerprint density at radius 3 is 2.72 bits per heavy atom. The van der Waals surface area contributed by atoms with E-state index in [0.29, 0.717) is 34.5 Å². The van der Waals surface area contributed by atoms with Gasteiger partial charge in [-0.25, -0.2) is 17.4 Å². The van der Waals surface area contributed by atoms with E-state index >= 15 is 0 Å². The molecule has 1 aromatic carbocycles. The predicted molar refractivity (Wildman–Crippen MR) is 99.2 cm³/mol. The van der Waals surface area contributed by atoms with Crippen LogP contribution in [0.3, 0.4) is 0 Å². The number of rotatable bonds is 5. The summed E-state index contributed by atoms with van der Waals surface area (Å²) in [5.74, 6) is 0.340. The summed E-state index contributed by atoms with van der Waals surface area (Å²) in [5, 5.41) is 0.749. The average Bonchev–Trinajstić information content (AvgIpc) is 3.00. The summed E-state index contributed by atoms with van der Waals surface area (Å²) in [5.41, 5.74) is 1.50.